The highest BCUT2D eigenvalue weighted by Gasteiger charge is 2.16. The van der Waals surface area contributed by atoms with Crippen molar-refractivity contribution in [2.75, 3.05) is 5.73 Å². The fourth-order valence-corrected chi connectivity index (χ4v) is 2.69. The number of hydrogen-bond acceptors (Lipinski definition) is 2. The summed E-state index contributed by atoms with van der Waals surface area (Å²) in [6.07, 6.45) is 0. The fraction of sp³-hybridized carbons (Fsp3) is 0. The van der Waals surface area contributed by atoms with Crippen LogP contribution in [0.2, 0.25) is 0 Å². The van der Waals surface area contributed by atoms with Gasteiger partial charge in [0.05, 0.1) is 21.2 Å². The maximum atomic E-state index is 14.0. The number of nitrogens with two attached hydrogens (primary N) is 1. The molecule has 1 aromatic heterocycles. The predicted molar refractivity (Wildman–Crippen MR) is 80.8 cm³/mol. The average Bonchev–Trinajstić information content (AvgIpc) is 2.69. The molecule has 0 fully saturated rings. The Balaban J connectivity index is 2.35. The summed E-state index contributed by atoms with van der Waals surface area (Å²) in [4.78, 5) is 4.18. The van der Waals surface area contributed by atoms with Gasteiger partial charge in [-0.15, -0.1) is 0 Å². The molecule has 0 unspecified atom stereocenters. The molecule has 20 heavy (non-hydrogen) atoms. The van der Waals surface area contributed by atoms with Crippen molar-refractivity contribution in [3.63, 3.8) is 0 Å². The van der Waals surface area contributed by atoms with Crippen LogP contribution in [0.4, 0.5) is 14.7 Å². The third-order valence-electron chi connectivity index (χ3n) is 2.87. The van der Waals surface area contributed by atoms with Crippen molar-refractivity contribution in [2.24, 2.45) is 0 Å². The summed E-state index contributed by atoms with van der Waals surface area (Å²) in [6.45, 7) is 0. The third-order valence-corrected chi connectivity index (χ3v) is 3.97. The number of aromatic nitrogens is 2. The molecule has 1 heterocycles. The summed E-state index contributed by atoms with van der Waals surface area (Å²) in [7, 11) is 0. The number of halogens is 4. The molecular formula is C13H7Br2F2N3. The summed E-state index contributed by atoms with van der Waals surface area (Å²) in [5, 5.41) is 0. The molecule has 0 spiro atoms. The molecule has 2 N–H and O–H groups in total. The van der Waals surface area contributed by atoms with Gasteiger partial charge in [0.2, 0.25) is 5.95 Å². The van der Waals surface area contributed by atoms with E-state index in [1.54, 1.807) is 18.2 Å². The van der Waals surface area contributed by atoms with Gasteiger partial charge in [-0.05, 0) is 40.2 Å². The van der Waals surface area contributed by atoms with Crippen LogP contribution in [-0.4, -0.2) is 9.55 Å². The van der Waals surface area contributed by atoms with E-state index in [9.17, 15) is 8.78 Å². The molecule has 102 valence electrons. The van der Waals surface area contributed by atoms with Crippen LogP contribution in [0.25, 0.3) is 16.7 Å². The number of fused-ring (bicyclic) bond motifs is 1. The lowest BCUT2D eigenvalue weighted by atomic mass is 10.2. The Morgan fingerprint density at radius 3 is 2.55 bits per heavy atom. The molecule has 0 radical (unpaired) electrons. The first-order valence-electron chi connectivity index (χ1n) is 5.56. The van der Waals surface area contributed by atoms with Crippen molar-refractivity contribution in [3.05, 3.63) is 50.9 Å². The maximum Gasteiger partial charge on any atom is 0.206 e. The van der Waals surface area contributed by atoms with E-state index in [0.29, 0.717) is 11.0 Å². The van der Waals surface area contributed by atoms with E-state index in [4.69, 9.17) is 5.73 Å². The van der Waals surface area contributed by atoms with Crippen molar-refractivity contribution >= 4 is 48.8 Å². The summed E-state index contributed by atoms with van der Waals surface area (Å²) < 4.78 is 29.8. The maximum absolute atomic E-state index is 14.0. The molecule has 3 nitrogen and oxygen atoms in total. The lowest BCUT2D eigenvalue weighted by molar-refractivity contribution is 0.574. The van der Waals surface area contributed by atoms with Gasteiger partial charge in [0.1, 0.15) is 11.6 Å². The monoisotopic (exact) mass is 401 g/mol. The van der Waals surface area contributed by atoms with E-state index >= 15 is 0 Å². The van der Waals surface area contributed by atoms with E-state index < -0.39 is 11.6 Å². The summed E-state index contributed by atoms with van der Waals surface area (Å²) >= 11 is 6.38. The van der Waals surface area contributed by atoms with Crippen LogP contribution in [0.15, 0.2) is 39.3 Å². The third kappa shape index (κ3) is 2.10. The van der Waals surface area contributed by atoms with Crippen LogP contribution < -0.4 is 5.73 Å². The molecule has 0 aliphatic rings. The van der Waals surface area contributed by atoms with Gasteiger partial charge in [-0.25, -0.2) is 13.8 Å². The number of nitrogens with zero attached hydrogens (tertiary/aromatic N) is 2. The second-order valence-corrected chi connectivity index (χ2v) is 5.93. The van der Waals surface area contributed by atoms with E-state index in [-0.39, 0.29) is 16.1 Å². The average molecular weight is 403 g/mol. The SMILES string of the molecule is Nc1nc2cc(Br)ccc2n1-c1cc(Br)c(F)cc1F. The highest BCUT2D eigenvalue weighted by molar-refractivity contribution is 9.10. The molecule has 0 aliphatic carbocycles. The smallest absolute Gasteiger partial charge is 0.206 e. The molecular weight excluding hydrogens is 396 g/mol. The highest BCUT2D eigenvalue weighted by atomic mass is 79.9. The Morgan fingerprint density at radius 2 is 1.80 bits per heavy atom. The molecule has 7 heteroatoms. The Hall–Kier alpha value is -1.47. The number of hydrogen-bond donors (Lipinski definition) is 1. The van der Waals surface area contributed by atoms with Gasteiger partial charge in [-0.2, -0.15) is 0 Å². The summed E-state index contributed by atoms with van der Waals surface area (Å²) in [5.74, 6) is -1.24. The quantitative estimate of drug-likeness (QED) is 0.612. The second-order valence-electron chi connectivity index (χ2n) is 4.16. The van der Waals surface area contributed by atoms with E-state index in [1.165, 1.54) is 10.6 Å². The zero-order valence-electron chi connectivity index (χ0n) is 9.87. The van der Waals surface area contributed by atoms with Crippen molar-refractivity contribution in [2.45, 2.75) is 0 Å². The van der Waals surface area contributed by atoms with Crippen LogP contribution in [-0.2, 0) is 0 Å². The largest absolute Gasteiger partial charge is 0.369 e. The lowest BCUT2D eigenvalue weighted by Crippen LogP contribution is -2.03. The first-order chi connectivity index (χ1) is 9.47. The van der Waals surface area contributed by atoms with Crippen molar-refractivity contribution in [3.8, 4) is 5.69 Å². The first kappa shape index (κ1) is 13.5. The fourth-order valence-electron chi connectivity index (χ4n) is 2.01. The zero-order valence-corrected chi connectivity index (χ0v) is 13.0. The zero-order chi connectivity index (χ0) is 14.4. The minimum Gasteiger partial charge on any atom is -0.369 e. The van der Waals surface area contributed by atoms with Crippen LogP contribution in [0, 0.1) is 11.6 Å². The molecule has 3 aromatic rings. The molecule has 2 aromatic carbocycles. The van der Waals surface area contributed by atoms with Crippen LogP contribution in [0.5, 0.6) is 0 Å². The lowest BCUT2D eigenvalue weighted by Gasteiger charge is -2.09. The Kier molecular flexibility index (Phi) is 3.25. The van der Waals surface area contributed by atoms with Crippen molar-refractivity contribution in [1.82, 2.24) is 9.55 Å². The molecule has 0 saturated carbocycles. The summed E-state index contributed by atoms with van der Waals surface area (Å²) in [5.41, 5.74) is 7.26. The van der Waals surface area contributed by atoms with Crippen LogP contribution in [0.1, 0.15) is 0 Å². The number of anilines is 1. The second kappa shape index (κ2) is 4.82. The Labute approximate surface area is 129 Å². The normalized spacial score (nSPS) is 11.2. The predicted octanol–water partition coefficient (Wildman–Crippen LogP) is 4.41. The Bertz CT molecular complexity index is 830. The Morgan fingerprint density at radius 1 is 1.05 bits per heavy atom. The molecule has 0 bridgehead atoms. The van der Waals surface area contributed by atoms with Gasteiger partial charge in [0.25, 0.3) is 0 Å². The van der Waals surface area contributed by atoms with Crippen LogP contribution in [0.3, 0.4) is 0 Å². The van der Waals surface area contributed by atoms with Crippen molar-refractivity contribution in [1.29, 1.82) is 0 Å². The van der Waals surface area contributed by atoms with Gasteiger partial charge in [0, 0.05) is 10.5 Å². The van der Waals surface area contributed by atoms with Gasteiger partial charge < -0.3 is 5.73 Å². The van der Waals surface area contributed by atoms with E-state index in [0.717, 1.165) is 10.5 Å². The molecule has 0 aliphatic heterocycles. The van der Waals surface area contributed by atoms with Gasteiger partial charge >= 0.3 is 0 Å². The number of nitrogen functional groups attached to an aromatic ring is 1. The van der Waals surface area contributed by atoms with E-state index in [2.05, 4.69) is 36.8 Å². The molecule has 0 atom stereocenters. The molecule has 0 saturated heterocycles. The number of rotatable bonds is 1. The van der Waals surface area contributed by atoms with Gasteiger partial charge in [-0.3, -0.25) is 4.57 Å². The van der Waals surface area contributed by atoms with Crippen molar-refractivity contribution < 1.29 is 8.78 Å². The number of imidazole rings is 1. The van der Waals surface area contributed by atoms with Gasteiger partial charge in [-0.1, -0.05) is 15.9 Å². The molecule has 3 rings (SSSR count). The number of benzene rings is 2. The minimum atomic E-state index is -0.709. The minimum absolute atomic E-state index is 0.135. The highest BCUT2D eigenvalue weighted by Crippen LogP contribution is 2.29. The molecule has 0 amide bonds. The topological polar surface area (TPSA) is 43.8 Å². The standard InChI is InChI=1S/C13H7Br2F2N3/c14-6-1-2-11-10(3-6)19-13(18)20(11)12-4-7(15)8(16)5-9(12)17/h1-5H,(H2,18,19). The first-order valence-corrected chi connectivity index (χ1v) is 7.14. The van der Waals surface area contributed by atoms with Crippen LogP contribution >= 0.6 is 31.9 Å². The summed E-state index contributed by atoms with van der Waals surface area (Å²) in [6, 6.07) is 7.49. The van der Waals surface area contributed by atoms with E-state index in [1.807, 2.05) is 0 Å². The van der Waals surface area contributed by atoms with Gasteiger partial charge in [0.15, 0.2) is 0 Å².